The Balaban J connectivity index is -0.000000122. The molecule has 224 valence electrons. The summed E-state index contributed by atoms with van der Waals surface area (Å²) in [6.45, 7) is 31.4. The Labute approximate surface area is 239 Å². The first-order chi connectivity index (χ1) is 16.2. The van der Waals surface area contributed by atoms with Crippen molar-refractivity contribution in [2.45, 2.75) is 185 Å². The van der Waals surface area contributed by atoms with E-state index in [9.17, 15) is 20.4 Å². The molecule has 0 rings (SSSR count). The number of hydrogen-bond acceptors (Lipinski definition) is 4. The molecule has 8 unspecified atom stereocenters. The molecule has 8 atom stereocenters. The molecule has 5 heteroatoms. The molecule has 0 N–H and O–H groups in total. The zero-order valence-electron chi connectivity index (χ0n) is 28.1. The van der Waals surface area contributed by atoms with Gasteiger partial charge in [0.1, 0.15) is 0 Å². The van der Waals surface area contributed by atoms with Gasteiger partial charge in [-0.25, -0.2) is 0 Å². The average molecular weight is 545 g/mol. The monoisotopic (exact) mass is 544 g/mol. The number of rotatable bonds is 12. The van der Waals surface area contributed by atoms with Crippen molar-refractivity contribution in [2.24, 2.45) is 23.7 Å². The van der Waals surface area contributed by atoms with Crippen LogP contribution in [0.15, 0.2) is 0 Å². The fourth-order valence-corrected chi connectivity index (χ4v) is 3.12. The van der Waals surface area contributed by atoms with E-state index in [4.69, 9.17) is 0 Å². The SMILES string of the molecule is CCC(C)C(C)([O-])CC.CCC(C)C(C)([O-])CC.CCC(C)C(C)([O-])CC.CCC(C)C(C)([O-])CC.[Si+4]. The van der Waals surface area contributed by atoms with Crippen molar-refractivity contribution in [2.75, 3.05) is 0 Å². The first-order valence-corrected chi connectivity index (χ1v) is 15.0. The van der Waals surface area contributed by atoms with Crippen LogP contribution in [0.1, 0.15) is 162 Å². The molecule has 0 saturated carbocycles. The van der Waals surface area contributed by atoms with Crippen molar-refractivity contribution in [3.8, 4) is 0 Å². The molecular formula is C32H68O4Si. The predicted octanol–water partition coefficient (Wildman–Crippen LogP) is 5.87. The molecule has 0 aliphatic heterocycles. The molecule has 0 spiro atoms. The summed E-state index contributed by atoms with van der Waals surface area (Å²) < 4.78 is 0. The molecule has 0 radical (unpaired) electrons. The third-order valence-electron chi connectivity index (χ3n) is 9.43. The standard InChI is InChI=1S/4C8H17O.Si/c4*1-5-7(3)8(4,9)6-2;/h4*7H,5-6H2,1-4H3;/q4*-1;+4. The van der Waals surface area contributed by atoms with E-state index in [1.165, 1.54) is 0 Å². The molecule has 37 heavy (non-hydrogen) atoms. The summed E-state index contributed by atoms with van der Waals surface area (Å²) in [5, 5.41) is 45.6. The van der Waals surface area contributed by atoms with Gasteiger partial charge in [-0.15, -0.1) is 22.4 Å². The van der Waals surface area contributed by atoms with Crippen LogP contribution in [0.4, 0.5) is 0 Å². The van der Waals surface area contributed by atoms with Gasteiger partial charge in [-0.2, -0.15) is 0 Å². The molecule has 0 aromatic rings. The van der Waals surface area contributed by atoms with Crippen molar-refractivity contribution in [3.63, 3.8) is 0 Å². The Morgan fingerprint density at radius 3 is 0.514 bits per heavy atom. The normalized spacial score (nSPS) is 20.4. The van der Waals surface area contributed by atoms with Gasteiger partial charge in [0.2, 0.25) is 0 Å². The third-order valence-corrected chi connectivity index (χ3v) is 9.43. The fourth-order valence-electron chi connectivity index (χ4n) is 3.12. The molecule has 0 amide bonds. The predicted molar refractivity (Wildman–Crippen MR) is 158 cm³/mol. The second-order valence-electron chi connectivity index (χ2n) is 11.9. The minimum atomic E-state index is -0.700. The Morgan fingerprint density at radius 1 is 0.378 bits per heavy atom. The van der Waals surface area contributed by atoms with Crippen molar-refractivity contribution in [1.29, 1.82) is 0 Å². The van der Waals surface area contributed by atoms with E-state index in [0.717, 1.165) is 51.4 Å². The van der Waals surface area contributed by atoms with Gasteiger partial charge in [-0.1, -0.05) is 186 Å². The minimum absolute atomic E-state index is 0. The van der Waals surface area contributed by atoms with Gasteiger partial charge in [0.15, 0.2) is 0 Å². The fraction of sp³-hybridized carbons (Fsp3) is 1.00. The van der Waals surface area contributed by atoms with Gasteiger partial charge in [0.25, 0.3) is 0 Å². The quantitative estimate of drug-likeness (QED) is 0.287. The Bertz CT molecular complexity index is 401. The first kappa shape index (κ1) is 46.9. The molecule has 0 aliphatic rings. The van der Waals surface area contributed by atoms with E-state index < -0.39 is 22.4 Å². The van der Waals surface area contributed by atoms with Gasteiger partial charge in [0.05, 0.1) is 0 Å². The topological polar surface area (TPSA) is 92.2 Å². The van der Waals surface area contributed by atoms with Gasteiger partial charge in [0, 0.05) is 0 Å². The zero-order chi connectivity index (χ0) is 30.0. The molecule has 0 aromatic carbocycles. The van der Waals surface area contributed by atoms with Gasteiger partial charge in [-0.05, 0) is 0 Å². The summed E-state index contributed by atoms with van der Waals surface area (Å²) in [4.78, 5) is 0. The van der Waals surface area contributed by atoms with Gasteiger partial charge < -0.3 is 20.4 Å². The van der Waals surface area contributed by atoms with Gasteiger partial charge >= 0.3 is 11.0 Å². The van der Waals surface area contributed by atoms with E-state index in [-0.39, 0.29) is 11.0 Å². The second-order valence-corrected chi connectivity index (χ2v) is 11.9. The summed E-state index contributed by atoms with van der Waals surface area (Å²) in [6.07, 6.45) is 6.93. The summed E-state index contributed by atoms with van der Waals surface area (Å²) in [6, 6.07) is 0. The first-order valence-electron chi connectivity index (χ1n) is 15.0. The molecule has 0 heterocycles. The van der Waals surface area contributed by atoms with Crippen LogP contribution >= 0.6 is 0 Å². The molecule has 0 aromatic heterocycles. The van der Waals surface area contributed by atoms with Crippen LogP contribution in [-0.2, 0) is 0 Å². The summed E-state index contributed by atoms with van der Waals surface area (Å²) in [5.41, 5.74) is -2.80. The maximum atomic E-state index is 11.4. The smallest absolute Gasteiger partial charge is 0.849 e. The largest absolute Gasteiger partial charge is 4.00 e. The Kier molecular flexibility index (Phi) is 28.9. The van der Waals surface area contributed by atoms with Crippen LogP contribution in [-0.4, -0.2) is 33.4 Å². The van der Waals surface area contributed by atoms with E-state index in [1.807, 2.05) is 55.4 Å². The van der Waals surface area contributed by atoms with Gasteiger partial charge in [-0.3, -0.25) is 0 Å². The number of hydrogen-bond donors (Lipinski definition) is 0. The Hall–Kier alpha value is 0.0569. The van der Waals surface area contributed by atoms with E-state index in [0.29, 0.717) is 23.7 Å². The second kappa shape index (κ2) is 22.8. The maximum Gasteiger partial charge on any atom is 4.00 e. The average Bonchev–Trinajstić information content (AvgIpc) is 2.87. The zero-order valence-corrected chi connectivity index (χ0v) is 29.1. The van der Waals surface area contributed by atoms with Crippen LogP contribution < -0.4 is 20.4 Å². The van der Waals surface area contributed by atoms with Crippen molar-refractivity contribution in [3.05, 3.63) is 0 Å². The van der Waals surface area contributed by atoms with Crippen LogP contribution in [0, 0.1) is 23.7 Å². The minimum Gasteiger partial charge on any atom is -0.849 e. The van der Waals surface area contributed by atoms with Crippen molar-refractivity contribution in [1.82, 2.24) is 0 Å². The molecular weight excluding hydrogens is 476 g/mol. The van der Waals surface area contributed by atoms with Crippen LogP contribution in [0.3, 0.4) is 0 Å². The molecule has 0 fully saturated rings. The summed E-state index contributed by atoms with van der Waals surface area (Å²) in [7, 11) is 0. The third kappa shape index (κ3) is 21.5. The van der Waals surface area contributed by atoms with E-state index >= 15 is 0 Å². The van der Waals surface area contributed by atoms with E-state index in [2.05, 4.69) is 27.7 Å². The Morgan fingerprint density at radius 2 is 0.486 bits per heavy atom. The molecule has 0 saturated heterocycles. The summed E-state index contributed by atoms with van der Waals surface area (Å²) in [5.74, 6) is 1.23. The van der Waals surface area contributed by atoms with Crippen molar-refractivity contribution < 1.29 is 20.4 Å². The van der Waals surface area contributed by atoms with E-state index in [1.54, 1.807) is 27.7 Å². The van der Waals surface area contributed by atoms with Crippen molar-refractivity contribution >= 4 is 11.0 Å². The molecule has 0 aliphatic carbocycles. The van der Waals surface area contributed by atoms with Crippen LogP contribution in [0.2, 0.25) is 0 Å². The van der Waals surface area contributed by atoms with Crippen LogP contribution in [0.5, 0.6) is 0 Å². The maximum absolute atomic E-state index is 11.4. The molecule has 4 nitrogen and oxygen atoms in total. The summed E-state index contributed by atoms with van der Waals surface area (Å²) >= 11 is 0. The van der Waals surface area contributed by atoms with Crippen LogP contribution in [0.25, 0.3) is 0 Å². The molecule has 0 bridgehead atoms.